The molecule has 0 radical (unpaired) electrons. The molecule has 0 saturated carbocycles. The van der Waals surface area contributed by atoms with Gasteiger partial charge in [-0.2, -0.15) is 0 Å². The Bertz CT molecular complexity index is 428. The molecule has 1 heterocycles. The highest BCUT2D eigenvalue weighted by Gasteiger charge is 2.22. The van der Waals surface area contributed by atoms with Crippen molar-refractivity contribution in [3.05, 3.63) is 18.2 Å². The fraction of sp³-hybridized carbons (Fsp3) is 0.462. The smallest absolute Gasteiger partial charge is 0.227 e. The standard InChI is InChI=1S/C13H18N2O3/c1-17-10-2-3-12(11(14)8-10)15-13(16)9-4-6-18-7-5-9/h2-3,8-9H,4-7,14H2,1H3,(H,15,16). The lowest BCUT2D eigenvalue weighted by molar-refractivity contribution is -0.122. The number of nitrogens with one attached hydrogen (secondary N) is 1. The average molecular weight is 250 g/mol. The molecule has 1 aliphatic heterocycles. The Morgan fingerprint density at radius 1 is 1.44 bits per heavy atom. The highest BCUT2D eigenvalue weighted by atomic mass is 16.5. The van der Waals surface area contributed by atoms with Crippen molar-refractivity contribution in [2.75, 3.05) is 31.4 Å². The third-order valence-electron chi connectivity index (χ3n) is 3.11. The van der Waals surface area contributed by atoms with E-state index in [0.29, 0.717) is 30.3 Å². The Labute approximate surface area is 106 Å². The molecule has 0 atom stereocenters. The Hall–Kier alpha value is -1.75. The number of nitrogen functional groups attached to an aromatic ring is 1. The average Bonchev–Trinajstić information content (AvgIpc) is 2.42. The van der Waals surface area contributed by atoms with Gasteiger partial charge < -0.3 is 20.5 Å². The number of rotatable bonds is 3. The van der Waals surface area contributed by atoms with Crippen molar-refractivity contribution in [3.63, 3.8) is 0 Å². The maximum atomic E-state index is 12.0. The van der Waals surface area contributed by atoms with Gasteiger partial charge in [-0.05, 0) is 25.0 Å². The summed E-state index contributed by atoms with van der Waals surface area (Å²) in [5, 5.41) is 2.86. The molecule has 18 heavy (non-hydrogen) atoms. The third-order valence-corrected chi connectivity index (χ3v) is 3.11. The first kappa shape index (κ1) is 12.7. The fourth-order valence-corrected chi connectivity index (χ4v) is 1.98. The van der Waals surface area contributed by atoms with Crippen molar-refractivity contribution < 1.29 is 14.3 Å². The molecule has 1 aliphatic rings. The van der Waals surface area contributed by atoms with Gasteiger partial charge >= 0.3 is 0 Å². The zero-order chi connectivity index (χ0) is 13.0. The predicted molar refractivity (Wildman–Crippen MR) is 69.6 cm³/mol. The van der Waals surface area contributed by atoms with Crippen LogP contribution in [0.1, 0.15) is 12.8 Å². The van der Waals surface area contributed by atoms with Crippen LogP contribution in [0.4, 0.5) is 11.4 Å². The molecular weight excluding hydrogens is 232 g/mol. The molecule has 2 rings (SSSR count). The highest BCUT2D eigenvalue weighted by Crippen LogP contribution is 2.25. The molecule has 5 heteroatoms. The van der Waals surface area contributed by atoms with Crippen LogP contribution in [-0.2, 0) is 9.53 Å². The van der Waals surface area contributed by atoms with Gasteiger partial charge in [-0.25, -0.2) is 0 Å². The first-order valence-electron chi connectivity index (χ1n) is 6.03. The second-order valence-electron chi connectivity index (χ2n) is 4.33. The number of amides is 1. The van der Waals surface area contributed by atoms with Crippen molar-refractivity contribution in [1.29, 1.82) is 0 Å². The Morgan fingerprint density at radius 3 is 2.78 bits per heavy atom. The maximum Gasteiger partial charge on any atom is 0.227 e. The Morgan fingerprint density at radius 2 is 2.17 bits per heavy atom. The molecule has 0 unspecified atom stereocenters. The van der Waals surface area contributed by atoms with Crippen LogP contribution in [0.3, 0.4) is 0 Å². The zero-order valence-electron chi connectivity index (χ0n) is 10.4. The topological polar surface area (TPSA) is 73.6 Å². The van der Waals surface area contributed by atoms with Gasteiger partial charge in [-0.15, -0.1) is 0 Å². The van der Waals surface area contributed by atoms with Gasteiger partial charge in [0.25, 0.3) is 0 Å². The second-order valence-corrected chi connectivity index (χ2v) is 4.33. The number of nitrogens with two attached hydrogens (primary N) is 1. The number of hydrogen-bond donors (Lipinski definition) is 2. The second kappa shape index (κ2) is 5.73. The van der Waals surface area contributed by atoms with E-state index in [4.69, 9.17) is 15.2 Å². The number of methoxy groups -OCH3 is 1. The zero-order valence-corrected chi connectivity index (χ0v) is 10.4. The molecule has 5 nitrogen and oxygen atoms in total. The molecule has 1 aromatic rings. The normalized spacial score (nSPS) is 16.3. The van der Waals surface area contributed by atoms with Crippen molar-refractivity contribution in [1.82, 2.24) is 0 Å². The number of anilines is 2. The SMILES string of the molecule is COc1ccc(NC(=O)C2CCOCC2)c(N)c1. The van der Waals surface area contributed by atoms with E-state index in [0.717, 1.165) is 12.8 Å². The van der Waals surface area contributed by atoms with Gasteiger partial charge in [0.05, 0.1) is 18.5 Å². The largest absolute Gasteiger partial charge is 0.497 e. The van der Waals surface area contributed by atoms with Gasteiger partial charge in [0, 0.05) is 25.2 Å². The summed E-state index contributed by atoms with van der Waals surface area (Å²) in [6.45, 7) is 1.30. The van der Waals surface area contributed by atoms with Crippen LogP contribution in [-0.4, -0.2) is 26.2 Å². The van der Waals surface area contributed by atoms with Gasteiger partial charge in [-0.3, -0.25) is 4.79 Å². The van der Waals surface area contributed by atoms with E-state index in [2.05, 4.69) is 5.32 Å². The van der Waals surface area contributed by atoms with E-state index in [1.807, 2.05) is 0 Å². The van der Waals surface area contributed by atoms with E-state index < -0.39 is 0 Å². The number of hydrogen-bond acceptors (Lipinski definition) is 4. The molecule has 1 fully saturated rings. The van der Waals surface area contributed by atoms with Gasteiger partial charge in [0.1, 0.15) is 5.75 Å². The van der Waals surface area contributed by atoms with E-state index >= 15 is 0 Å². The fourth-order valence-electron chi connectivity index (χ4n) is 1.98. The molecule has 1 aromatic carbocycles. The summed E-state index contributed by atoms with van der Waals surface area (Å²) in [6, 6.07) is 5.22. The van der Waals surface area contributed by atoms with E-state index in [-0.39, 0.29) is 11.8 Å². The monoisotopic (exact) mass is 250 g/mol. The summed E-state index contributed by atoms with van der Waals surface area (Å²) in [6.07, 6.45) is 1.53. The molecule has 0 aromatic heterocycles. The van der Waals surface area contributed by atoms with E-state index in [1.165, 1.54) is 0 Å². The van der Waals surface area contributed by atoms with Crippen molar-refractivity contribution >= 4 is 17.3 Å². The number of carbonyl (C=O) groups excluding carboxylic acids is 1. The van der Waals surface area contributed by atoms with Crippen LogP contribution in [0.2, 0.25) is 0 Å². The van der Waals surface area contributed by atoms with E-state index in [1.54, 1.807) is 25.3 Å². The summed E-state index contributed by atoms with van der Waals surface area (Å²) in [5.41, 5.74) is 7.00. The minimum absolute atomic E-state index is 0.00941. The van der Waals surface area contributed by atoms with Crippen molar-refractivity contribution in [2.24, 2.45) is 5.92 Å². The highest BCUT2D eigenvalue weighted by molar-refractivity contribution is 5.95. The quantitative estimate of drug-likeness (QED) is 0.800. The summed E-state index contributed by atoms with van der Waals surface area (Å²) >= 11 is 0. The predicted octanol–water partition coefficient (Wildman–Crippen LogP) is 1.64. The van der Waals surface area contributed by atoms with Crippen LogP contribution in [0.25, 0.3) is 0 Å². The van der Waals surface area contributed by atoms with Crippen LogP contribution >= 0.6 is 0 Å². The first-order valence-corrected chi connectivity index (χ1v) is 6.03. The molecule has 1 saturated heterocycles. The first-order chi connectivity index (χ1) is 8.70. The Balaban J connectivity index is 2.02. The van der Waals surface area contributed by atoms with Crippen LogP contribution in [0.5, 0.6) is 5.75 Å². The lowest BCUT2D eigenvalue weighted by atomic mass is 9.99. The van der Waals surface area contributed by atoms with Crippen molar-refractivity contribution in [2.45, 2.75) is 12.8 Å². The Kier molecular flexibility index (Phi) is 4.04. The van der Waals surface area contributed by atoms with Crippen LogP contribution < -0.4 is 15.8 Å². The minimum atomic E-state index is 0.00941. The molecule has 0 aliphatic carbocycles. The summed E-state index contributed by atoms with van der Waals surface area (Å²) < 4.78 is 10.3. The lowest BCUT2D eigenvalue weighted by Gasteiger charge is -2.21. The molecular formula is C13H18N2O3. The number of carbonyl (C=O) groups is 1. The lowest BCUT2D eigenvalue weighted by Crippen LogP contribution is -2.28. The molecule has 3 N–H and O–H groups in total. The van der Waals surface area contributed by atoms with Crippen LogP contribution in [0, 0.1) is 5.92 Å². The number of ether oxygens (including phenoxy) is 2. The maximum absolute atomic E-state index is 12.0. The summed E-state index contributed by atoms with van der Waals surface area (Å²) in [5.74, 6) is 0.701. The summed E-state index contributed by atoms with van der Waals surface area (Å²) in [4.78, 5) is 12.0. The minimum Gasteiger partial charge on any atom is -0.497 e. The molecule has 98 valence electrons. The van der Waals surface area contributed by atoms with Gasteiger partial charge in [0.2, 0.25) is 5.91 Å². The molecule has 1 amide bonds. The van der Waals surface area contributed by atoms with Crippen molar-refractivity contribution in [3.8, 4) is 5.75 Å². The van der Waals surface area contributed by atoms with Gasteiger partial charge in [0.15, 0.2) is 0 Å². The molecule has 0 spiro atoms. The van der Waals surface area contributed by atoms with Gasteiger partial charge in [-0.1, -0.05) is 0 Å². The summed E-state index contributed by atoms with van der Waals surface area (Å²) in [7, 11) is 1.58. The van der Waals surface area contributed by atoms with E-state index in [9.17, 15) is 4.79 Å². The third kappa shape index (κ3) is 2.92. The molecule has 0 bridgehead atoms. The number of benzene rings is 1. The van der Waals surface area contributed by atoms with Crippen LogP contribution in [0.15, 0.2) is 18.2 Å².